The molecule has 0 aliphatic heterocycles. The van der Waals surface area contributed by atoms with E-state index in [0.29, 0.717) is 23.6 Å². The number of rotatable bonds is 7. The van der Waals surface area contributed by atoms with Gasteiger partial charge < -0.3 is 10.1 Å². The van der Waals surface area contributed by atoms with E-state index in [-0.39, 0.29) is 24.3 Å². The number of hydrogen-bond acceptors (Lipinski definition) is 5. The summed E-state index contributed by atoms with van der Waals surface area (Å²) in [5.74, 6) is -0.272. The van der Waals surface area contributed by atoms with Crippen LogP contribution in [0.4, 0.5) is 0 Å². The zero-order valence-electron chi connectivity index (χ0n) is 14.4. The summed E-state index contributed by atoms with van der Waals surface area (Å²) in [6.45, 7) is 5.40. The van der Waals surface area contributed by atoms with Crippen LogP contribution in [0.1, 0.15) is 40.4 Å². The molecule has 2 heterocycles. The second kappa shape index (κ2) is 7.83. The van der Waals surface area contributed by atoms with Crippen LogP contribution in [-0.2, 0) is 16.1 Å². The molecule has 7 heteroatoms. The Morgan fingerprint density at radius 1 is 1.33 bits per heavy atom. The second-order valence-corrected chi connectivity index (χ2v) is 5.59. The van der Waals surface area contributed by atoms with Crippen LogP contribution in [0.3, 0.4) is 0 Å². The summed E-state index contributed by atoms with van der Waals surface area (Å²) in [5, 5.41) is 7.18. The molecule has 24 heavy (non-hydrogen) atoms. The summed E-state index contributed by atoms with van der Waals surface area (Å²) in [7, 11) is 1.57. The predicted molar refractivity (Wildman–Crippen MR) is 88.7 cm³/mol. The highest BCUT2D eigenvalue weighted by Gasteiger charge is 2.19. The molecule has 0 saturated heterocycles. The zero-order valence-corrected chi connectivity index (χ0v) is 14.4. The molecule has 1 amide bonds. The van der Waals surface area contributed by atoms with Gasteiger partial charge in [-0.2, -0.15) is 5.10 Å². The maximum absolute atomic E-state index is 12.4. The fraction of sp³-hybridized carbons (Fsp3) is 0.412. The van der Waals surface area contributed by atoms with Gasteiger partial charge in [0, 0.05) is 19.0 Å². The highest BCUT2D eigenvalue weighted by molar-refractivity contribution is 5.96. The SMILES string of the molecule is COCC(NC(=O)Cn1nc(C)c(C(C)=O)c1C)c1ccccn1. The third-order valence-electron chi connectivity index (χ3n) is 3.74. The highest BCUT2D eigenvalue weighted by atomic mass is 16.5. The van der Waals surface area contributed by atoms with Crippen LogP contribution in [-0.4, -0.2) is 40.2 Å². The molecular formula is C17H22N4O3. The fourth-order valence-electron chi connectivity index (χ4n) is 2.69. The van der Waals surface area contributed by atoms with Gasteiger partial charge in [-0.05, 0) is 32.9 Å². The van der Waals surface area contributed by atoms with Crippen molar-refractivity contribution in [3.05, 3.63) is 47.0 Å². The molecule has 0 radical (unpaired) electrons. The van der Waals surface area contributed by atoms with Crippen molar-refractivity contribution in [2.45, 2.75) is 33.4 Å². The highest BCUT2D eigenvalue weighted by Crippen LogP contribution is 2.14. The number of pyridine rings is 1. The molecular weight excluding hydrogens is 308 g/mol. The summed E-state index contributed by atoms with van der Waals surface area (Å²) >= 11 is 0. The molecule has 0 fully saturated rings. The summed E-state index contributed by atoms with van der Waals surface area (Å²) in [4.78, 5) is 28.3. The first kappa shape index (κ1) is 17.8. The van der Waals surface area contributed by atoms with Gasteiger partial charge in [0.2, 0.25) is 5.91 Å². The largest absolute Gasteiger partial charge is 0.382 e. The van der Waals surface area contributed by atoms with E-state index in [0.717, 1.165) is 5.69 Å². The minimum atomic E-state index is -0.340. The average Bonchev–Trinajstić information content (AvgIpc) is 2.81. The monoisotopic (exact) mass is 330 g/mol. The molecule has 128 valence electrons. The van der Waals surface area contributed by atoms with E-state index >= 15 is 0 Å². The van der Waals surface area contributed by atoms with Gasteiger partial charge in [0.15, 0.2) is 5.78 Å². The first-order valence-corrected chi connectivity index (χ1v) is 7.68. The van der Waals surface area contributed by atoms with Crippen molar-refractivity contribution in [2.75, 3.05) is 13.7 Å². The number of hydrogen-bond donors (Lipinski definition) is 1. The Morgan fingerprint density at radius 3 is 2.62 bits per heavy atom. The van der Waals surface area contributed by atoms with Crippen LogP contribution < -0.4 is 5.32 Å². The molecule has 1 N–H and O–H groups in total. The van der Waals surface area contributed by atoms with E-state index in [4.69, 9.17) is 4.74 Å². The van der Waals surface area contributed by atoms with Crippen molar-refractivity contribution in [3.63, 3.8) is 0 Å². The lowest BCUT2D eigenvalue weighted by molar-refractivity contribution is -0.123. The molecule has 1 atom stereocenters. The molecule has 0 aliphatic rings. The van der Waals surface area contributed by atoms with Crippen molar-refractivity contribution in [1.82, 2.24) is 20.1 Å². The lowest BCUT2D eigenvalue weighted by Crippen LogP contribution is -2.34. The minimum Gasteiger partial charge on any atom is -0.382 e. The van der Waals surface area contributed by atoms with Gasteiger partial charge in [0.1, 0.15) is 6.54 Å². The number of methoxy groups -OCH3 is 1. The molecule has 0 spiro atoms. The van der Waals surface area contributed by atoms with Crippen LogP contribution >= 0.6 is 0 Å². The van der Waals surface area contributed by atoms with Crippen LogP contribution in [0.15, 0.2) is 24.4 Å². The van der Waals surface area contributed by atoms with Crippen molar-refractivity contribution in [1.29, 1.82) is 0 Å². The third-order valence-corrected chi connectivity index (χ3v) is 3.74. The average molecular weight is 330 g/mol. The number of Topliss-reactive ketones (excluding diaryl/α,β-unsaturated/α-hetero) is 1. The predicted octanol–water partition coefficient (Wildman–Crippen LogP) is 1.60. The zero-order chi connectivity index (χ0) is 17.7. The van der Waals surface area contributed by atoms with Gasteiger partial charge in [-0.25, -0.2) is 0 Å². The van der Waals surface area contributed by atoms with Gasteiger partial charge in [-0.1, -0.05) is 6.07 Å². The normalized spacial score (nSPS) is 12.0. The first-order valence-electron chi connectivity index (χ1n) is 7.68. The van der Waals surface area contributed by atoms with Gasteiger partial charge in [-0.15, -0.1) is 0 Å². The van der Waals surface area contributed by atoms with E-state index in [9.17, 15) is 9.59 Å². The van der Waals surface area contributed by atoms with Crippen LogP contribution in [0.2, 0.25) is 0 Å². The Morgan fingerprint density at radius 2 is 2.08 bits per heavy atom. The molecule has 0 aromatic carbocycles. The number of nitrogens with zero attached hydrogens (tertiary/aromatic N) is 3. The number of nitrogens with one attached hydrogen (secondary N) is 1. The first-order chi connectivity index (χ1) is 11.4. The topological polar surface area (TPSA) is 86.1 Å². The summed E-state index contributed by atoms with van der Waals surface area (Å²) in [6.07, 6.45) is 1.67. The fourth-order valence-corrected chi connectivity index (χ4v) is 2.69. The Labute approximate surface area is 141 Å². The number of ether oxygens (including phenoxy) is 1. The van der Waals surface area contributed by atoms with E-state index in [1.807, 2.05) is 18.2 Å². The van der Waals surface area contributed by atoms with Crippen molar-refractivity contribution < 1.29 is 14.3 Å². The maximum Gasteiger partial charge on any atom is 0.242 e. The molecule has 0 saturated carbocycles. The number of aromatic nitrogens is 3. The molecule has 0 aliphatic carbocycles. The number of ketones is 1. The van der Waals surface area contributed by atoms with E-state index in [2.05, 4.69) is 15.4 Å². The maximum atomic E-state index is 12.4. The summed E-state index contributed by atoms with van der Waals surface area (Å²) < 4.78 is 6.71. The van der Waals surface area contributed by atoms with Gasteiger partial charge in [-0.3, -0.25) is 19.3 Å². The Hall–Kier alpha value is -2.54. The standard InChI is InChI=1S/C17H22N4O3/c1-11-17(13(3)22)12(2)21(20-11)9-16(23)19-15(10-24-4)14-7-5-6-8-18-14/h5-8,15H,9-10H2,1-4H3,(H,19,23). The molecule has 1 unspecified atom stereocenters. The minimum absolute atomic E-state index is 0.0347. The number of aryl methyl sites for hydroxylation is 1. The van der Waals surface area contributed by atoms with Crippen LogP contribution in [0.25, 0.3) is 0 Å². The van der Waals surface area contributed by atoms with Crippen molar-refractivity contribution >= 4 is 11.7 Å². The van der Waals surface area contributed by atoms with Gasteiger partial charge >= 0.3 is 0 Å². The quantitative estimate of drug-likeness (QED) is 0.779. The van der Waals surface area contributed by atoms with E-state index in [1.54, 1.807) is 31.8 Å². The summed E-state index contributed by atoms with van der Waals surface area (Å²) in [5.41, 5.74) is 2.62. The Balaban J connectivity index is 2.12. The molecule has 0 bridgehead atoms. The van der Waals surface area contributed by atoms with Gasteiger partial charge in [0.05, 0.1) is 29.6 Å². The van der Waals surface area contributed by atoms with Crippen molar-refractivity contribution in [2.24, 2.45) is 0 Å². The second-order valence-electron chi connectivity index (χ2n) is 5.59. The molecule has 2 aromatic heterocycles. The van der Waals surface area contributed by atoms with Crippen LogP contribution in [0.5, 0.6) is 0 Å². The Kier molecular flexibility index (Phi) is 5.81. The lowest BCUT2D eigenvalue weighted by atomic mass is 10.1. The molecule has 2 aromatic rings. The van der Waals surface area contributed by atoms with E-state index in [1.165, 1.54) is 6.92 Å². The number of carbonyl (C=O) groups is 2. The smallest absolute Gasteiger partial charge is 0.242 e. The van der Waals surface area contributed by atoms with Crippen LogP contribution in [0, 0.1) is 13.8 Å². The molecule has 2 rings (SSSR count). The summed E-state index contributed by atoms with van der Waals surface area (Å²) in [6, 6.07) is 5.17. The lowest BCUT2D eigenvalue weighted by Gasteiger charge is -2.17. The number of carbonyl (C=O) groups excluding carboxylic acids is 2. The van der Waals surface area contributed by atoms with Gasteiger partial charge in [0.25, 0.3) is 0 Å². The van der Waals surface area contributed by atoms with E-state index < -0.39 is 0 Å². The van der Waals surface area contributed by atoms with Crippen molar-refractivity contribution in [3.8, 4) is 0 Å². The Bertz CT molecular complexity index is 725. The third kappa shape index (κ3) is 4.05. The molecule has 7 nitrogen and oxygen atoms in total. The number of amides is 1.